The van der Waals surface area contributed by atoms with Crippen LogP contribution in [0.4, 0.5) is 5.69 Å². The summed E-state index contributed by atoms with van der Waals surface area (Å²) in [5, 5.41) is 22.4. The number of aliphatic imine (C=N–C) groups is 2. The number of aliphatic hydroxyl groups is 1. The minimum atomic E-state index is -0.973. The predicted octanol–water partition coefficient (Wildman–Crippen LogP) is 2.00. The molecule has 4 rings (SSSR count). The maximum atomic E-state index is 10.4. The van der Waals surface area contributed by atoms with Gasteiger partial charge in [-0.15, -0.1) is 5.84 Å². The molecule has 0 radical (unpaired) electrons. The van der Waals surface area contributed by atoms with Crippen molar-refractivity contribution in [1.82, 2.24) is 0 Å². The van der Waals surface area contributed by atoms with E-state index in [0.29, 0.717) is 18.1 Å². The summed E-state index contributed by atoms with van der Waals surface area (Å²) in [6.45, 7) is 3.46. The molecule has 0 fully saturated rings. The van der Waals surface area contributed by atoms with Crippen LogP contribution in [0.15, 0.2) is 62.0 Å². The number of hydrogen-bond acceptors (Lipinski definition) is 7. The zero-order chi connectivity index (χ0) is 17.0. The molecular formula is C16H18N7O+. The Labute approximate surface area is 139 Å². The highest BCUT2D eigenvalue weighted by atomic mass is 16.3. The van der Waals surface area contributed by atoms with E-state index < -0.39 is 15.8 Å². The van der Waals surface area contributed by atoms with Crippen LogP contribution in [0.5, 0.6) is 0 Å². The van der Waals surface area contributed by atoms with Crippen molar-refractivity contribution >= 4 is 23.6 Å². The molecule has 3 heterocycles. The molecule has 2 unspecified atom stereocenters. The second kappa shape index (κ2) is 4.73. The molecule has 2 atom stereocenters. The molecule has 0 bridgehead atoms. The van der Waals surface area contributed by atoms with E-state index in [2.05, 4.69) is 20.5 Å². The SMILES string of the molecule is CC(C)(O)CC1(C2=Nc3ccccc3C3=NN=N[N+]32N)C=CC=N1. The molecule has 0 spiro atoms. The van der Waals surface area contributed by atoms with E-state index in [4.69, 9.17) is 10.8 Å². The Morgan fingerprint density at radius 2 is 2.08 bits per heavy atom. The molecule has 122 valence electrons. The number of para-hydroxylation sites is 1. The van der Waals surface area contributed by atoms with Crippen molar-refractivity contribution in [3.05, 3.63) is 42.0 Å². The van der Waals surface area contributed by atoms with Crippen LogP contribution in [0, 0.1) is 0 Å². The van der Waals surface area contributed by atoms with Crippen LogP contribution in [-0.4, -0.2) is 38.8 Å². The van der Waals surface area contributed by atoms with Gasteiger partial charge in [-0.05, 0) is 42.8 Å². The lowest BCUT2D eigenvalue weighted by Crippen LogP contribution is -2.65. The van der Waals surface area contributed by atoms with E-state index in [9.17, 15) is 5.11 Å². The Hall–Kier alpha value is -2.55. The van der Waals surface area contributed by atoms with E-state index in [0.717, 1.165) is 11.3 Å². The number of amidine groups is 2. The molecular weight excluding hydrogens is 306 g/mol. The molecule has 0 saturated heterocycles. The van der Waals surface area contributed by atoms with Crippen molar-refractivity contribution in [2.75, 3.05) is 0 Å². The molecule has 0 saturated carbocycles. The number of benzene rings is 1. The minimum absolute atomic E-state index is 0.313. The van der Waals surface area contributed by atoms with Crippen LogP contribution in [-0.2, 0) is 0 Å². The summed E-state index contributed by atoms with van der Waals surface area (Å²) in [7, 11) is 0. The normalized spacial score (nSPS) is 30.2. The van der Waals surface area contributed by atoms with E-state index in [-0.39, 0.29) is 0 Å². The Bertz CT molecular complexity index is 847. The highest BCUT2D eigenvalue weighted by molar-refractivity contribution is 6.11. The first kappa shape index (κ1) is 15.0. The lowest BCUT2D eigenvalue weighted by Gasteiger charge is -2.36. The molecule has 3 aliphatic heterocycles. The first-order valence-electron chi connectivity index (χ1n) is 7.67. The quantitative estimate of drug-likeness (QED) is 0.655. The second-order valence-electron chi connectivity index (χ2n) is 6.79. The first-order valence-corrected chi connectivity index (χ1v) is 7.67. The van der Waals surface area contributed by atoms with Gasteiger partial charge in [0, 0.05) is 17.9 Å². The Kier molecular flexibility index (Phi) is 2.96. The molecule has 3 N–H and O–H groups in total. The summed E-state index contributed by atoms with van der Waals surface area (Å²) in [6, 6.07) is 7.57. The van der Waals surface area contributed by atoms with Crippen molar-refractivity contribution in [2.45, 2.75) is 31.4 Å². The molecule has 24 heavy (non-hydrogen) atoms. The minimum Gasteiger partial charge on any atom is -0.390 e. The highest BCUT2D eigenvalue weighted by Gasteiger charge is 2.58. The van der Waals surface area contributed by atoms with E-state index in [1.54, 1.807) is 20.1 Å². The van der Waals surface area contributed by atoms with Crippen molar-refractivity contribution in [3.8, 4) is 0 Å². The third-order valence-electron chi connectivity index (χ3n) is 4.19. The Morgan fingerprint density at radius 3 is 2.79 bits per heavy atom. The average Bonchev–Trinajstić information content (AvgIpc) is 3.12. The fourth-order valence-electron chi connectivity index (χ4n) is 3.36. The van der Waals surface area contributed by atoms with Crippen LogP contribution in [0.2, 0.25) is 0 Å². The second-order valence-corrected chi connectivity index (χ2v) is 6.79. The molecule has 8 nitrogen and oxygen atoms in total. The summed E-state index contributed by atoms with van der Waals surface area (Å²) in [4.78, 5) is 9.33. The van der Waals surface area contributed by atoms with Gasteiger partial charge in [0.15, 0.2) is 5.54 Å². The monoisotopic (exact) mass is 324 g/mol. The number of hydrogen-bond donors (Lipinski definition) is 2. The largest absolute Gasteiger partial charge is 0.390 e. The molecule has 3 aliphatic rings. The maximum Gasteiger partial charge on any atom is 0.312 e. The summed E-state index contributed by atoms with van der Waals surface area (Å²) in [5.74, 6) is 7.50. The van der Waals surface area contributed by atoms with Gasteiger partial charge < -0.3 is 5.11 Å². The standard InChI is InChI=1S/C16H18N7O/c1-15(2,24)10-16(8-5-9-18-16)14-19-12-7-4-3-6-11(12)13-20-21-22-23(13,14)17/h3-9,24H,10,17H2,1-2H3/q+1. The predicted molar refractivity (Wildman–Crippen MR) is 90.7 cm³/mol. The van der Waals surface area contributed by atoms with Crippen molar-refractivity contribution in [2.24, 2.45) is 31.4 Å². The Balaban J connectivity index is 1.95. The van der Waals surface area contributed by atoms with Gasteiger partial charge in [0.25, 0.3) is 5.84 Å². The fraction of sp³-hybridized carbons (Fsp3) is 0.312. The number of rotatable bonds is 3. The summed E-state index contributed by atoms with van der Waals surface area (Å²) < 4.78 is -0.477. The third-order valence-corrected chi connectivity index (χ3v) is 4.19. The number of quaternary nitrogens is 1. The fourth-order valence-corrected chi connectivity index (χ4v) is 3.36. The Morgan fingerprint density at radius 1 is 1.29 bits per heavy atom. The molecule has 1 aromatic carbocycles. The van der Waals surface area contributed by atoms with Crippen molar-refractivity contribution in [3.63, 3.8) is 0 Å². The van der Waals surface area contributed by atoms with Crippen molar-refractivity contribution < 1.29 is 9.81 Å². The number of allylic oxidation sites excluding steroid dienone is 1. The van der Waals surface area contributed by atoms with Gasteiger partial charge in [-0.1, -0.05) is 17.2 Å². The van der Waals surface area contributed by atoms with E-state index in [1.165, 1.54) is 0 Å². The van der Waals surface area contributed by atoms with E-state index >= 15 is 0 Å². The highest BCUT2D eigenvalue weighted by Crippen LogP contribution is 2.40. The van der Waals surface area contributed by atoms with Crippen LogP contribution in [0.1, 0.15) is 25.8 Å². The third kappa shape index (κ3) is 2.08. The molecule has 0 aliphatic carbocycles. The van der Waals surface area contributed by atoms with Gasteiger partial charge in [-0.3, -0.25) is 4.99 Å². The number of fused-ring (bicyclic) bond motifs is 3. The summed E-state index contributed by atoms with van der Waals surface area (Å²) in [5.41, 5.74) is -0.342. The van der Waals surface area contributed by atoms with Crippen molar-refractivity contribution in [1.29, 1.82) is 0 Å². The zero-order valence-corrected chi connectivity index (χ0v) is 13.5. The summed E-state index contributed by atoms with van der Waals surface area (Å²) in [6.07, 6.45) is 5.71. The molecule has 8 heteroatoms. The van der Waals surface area contributed by atoms with Gasteiger partial charge in [0.05, 0.1) is 22.1 Å². The first-order chi connectivity index (χ1) is 11.3. The van der Waals surface area contributed by atoms with Gasteiger partial charge in [-0.25, -0.2) is 0 Å². The number of nitrogens with two attached hydrogens (primary N) is 1. The topological polar surface area (TPSA) is 108 Å². The maximum absolute atomic E-state index is 10.4. The average molecular weight is 324 g/mol. The number of nitrogens with zero attached hydrogens (tertiary/aromatic N) is 6. The lowest BCUT2D eigenvalue weighted by molar-refractivity contribution is -0.771. The van der Waals surface area contributed by atoms with Crippen LogP contribution >= 0.6 is 0 Å². The van der Waals surface area contributed by atoms with Crippen LogP contribution in [0.25, 0.3) is 0 Å². The smallest absolute Gasteiger partial charge is 0.312 e. The van der Waals surface area contributed by atoms with E-state index in [1.807, 2.05) is 36.4 Å². The van der Waals surface area contributed by atoms with Gasteiger partial charge in [0.1, 0.15) is 0 Å². The van der Waals surface area contributed by atoms with Gasteiger partial charge in [-0.2, -0.15) is 4.99 Å². The summed E-state index contributed by atoms with van der Waals surface area (Å²) >= 11 is 0. The van der Waals surface area contributed by atoms with Gasteiger partial charge in [0.2, 0.25) is 0 Å². The van der Waals surface area contributed by atoms with Gasteiger partial charge >= 0.3 is 5.84 Å². The molecule has 0 aromatic heterocycles. The molecule has 0 amide bonds. The molecule has 1 aromatic rings. The van der Waals surface area contributed by atoms with Crippen LogP contribution < -0.4 is 5.84 Å². The zero-order valence-electron chi connectivity index (χ0n) is 13.5. The van der Waals surface area contributed by atoms with Crippen LogP contribution in [0.3, 0.4) is 0 Å². The lowest BCUT2D eigenvalue weighted by atomic mass is 9.84.